The molecule has 19 heavy (non-hydrogen) atoms. The Kier molecular flexibility index (Phi) is 5.87. The Labute approximate surface area is 116 Å². The summed E-state index contributed by atoms with van der Waals surface area (Å²) in [5.74, 6) is 0.684. The van der Waals surface area contributed by atoms with Gasteiger partial charge in [0.15, 0.2) is 0 Å². The first-order chi connectivity index (χ1) is 8.90. The number of carbonyl (C=O) groups is 1. The van der Waals surface area contributed by atoms with E-state index in [2.05, 4.69) is 26.1 Å². The normalized spacial score (nSPS) is 12.5. The zero-order valence-corrected chi connectivity index (χ0v) is 12.5. The molecule has 1 aromatic carbocycles. The van der Waals surface area contributed by atoms with Gasteiger partial charge in [0.05, 0.1) is 0 Å². The zero-order valence-electron chi connectivity index (χ0n) is 12.5. The highest BCUT2D eigenvalue weighted by Gasteiger charge is 2.10. The molecular formula is C16H26N2O. The van der Waals surface area contributed by atoms with Gasteiger partial charge in [-0.15, -0.1) is 0 Å². The van der Waals surface area contributed by atoms with Gasteiger partial charge in [-0.1, -0.05) is 32.8 Å². The highest BCUT2D eigenvalue weighted by Crippen LogP contribution is 2.13. The SMILES string of the molecule is Cc1ccc(C(=O)NC(C)CCCC(C)C)cc1N. The molecule has 0 bridgehead atoms. The van der Waals surface area contributed by atoms with Crippen molar-refractivity contribution in [3.63, 3.8) is 0 Å². The van der Waals surface area contributed by atoms with Crippen LogP contribution in [-0.2, 0) is 0 Å². The van der Waals surface area contributed by atoms with E-state index in [0.29, 0.717) is 11.3 Å². The monoisotopic (exact) mass is 262 g/mol. The minimum atomic E-state index is -0.0382. The molecule has 1 aromatic rings. The molecule has 0 fully saturated rings. The maximum atomic E-state index is 12.0. The Morgan fingerprint density at radius 1 is 1.26 bits per heavy atom. The molecule has 1 atom stereocenters. The Bertz CT molecular complexity index is 427. The third kappa shape index (κ3) is 5.33. The Balaban J connectivity index is 2.47. The van der Waals surface area contributed by atoms with Crippen molar-refractivity contribution in [2.24, 2.45) is 5.92 Å². The van der Waals surface area contributed by atoms with E-state index in [1.807, 2.05) is 19.1 Å². The summed E-state index contributed by atoms with van der Waals surface area (Å²) in [6.07, 6.45) is 3.37. The summed E-state index contributed by atoms with van der Waals surface area (Å²) in [4.78, 5) is 12.0. The van der Waals surface area contributed by atoms with Crippen LogP contribution in [0.25, 0.3) is 0 Å². The van der Waals surface area contributed by atoms with Crippen LogP contribution in [0.3, 0.4) is 0 Å². The van der Waals surface area contributed by atoms with Crippen LogP contribution in [0.2, 0.25) is 0 Å². The van der Waals surface area contributed by atoms with Crippen LogP contribution in [0.1, 0.15) is 56.0 Å². The molecule has 1 unspecified atom stereocenters. The topological polar surface area (TPSA) is 55.1 Å². The van der Waals surface area contributed by atoms with Crippen LogP contribution in [0.15, 0.2) is 18.2 Å². The molecule has 106 valence electrons. The highest BCUT2D eigenvalue weighted by atomic mass is 16.1. The second kappa shape index (κ2) is 7.17. The molecule has 1 amide bonds. The maximum Gasteiger partial charge on any atom is 0.251 e. The summed E-state index contributed by atoms with van der Waals surface area (Å²) in [6.45, 7) is 8.43. The van der Waals surface area contributed by atoms with Crippen LogP contribution in [0.4, 0.5) is 5.69 Å². The van der Waals surface area contributed by atoms with Gasteiger partial charge >= 0.3 is 0 Å². The fourth-order valence-electron chi connectivity index (χ4n) is 1.99. The van der Waals surface area contributed by atoms with E-state index in [0.717, 1.165) is 24.3 Å². The quantitative estimate of drug-likeness (QED) is 0.771. The molecule has 0 aliphatic heterocycles. The second-order valence-electron chi connectivity index (χ2n) is 5.77. The number of nitrogen functional groups attached to an aromatic ring is 1. The Morgan fingerprint density at radius 2 is 1.95 bits per heavy atom. The number of nitrogens with one attached hydrogen (secondary N) is 1. The van der Waals surface area contributed by atoms with E-state index in [9.17, 15) is 4.79 Å². The molecule has 0 heterocycles. The summed E-state index contributed by atoms with van der Waals surface area (Å²) in [5, 5.41) is 3.02. The van der Waals surface area contributed by atoms with Gasteiger partial charge in [-0.05, 0) is 43.9 Å². The molecule has 0 spiro atoms. The molecule has 0 radical (unpaired) electrons. The maximum absolute atomic E-state index is 12.0. The Hall–Kier alpha value is -1.51. The summed E-state index contributed by atoms with van der Waals surface area (Å²) in [7, 11) is 0. The molecule has 3 N–H and O–H groups in total. The number of hydrogen-bond acceptors (Lipinski definition) is 2. The lowest BCUT2D eigenvalue weighted by Crippen LogP contribution is -2.32. The molecular weight excluding hydrogens is 236 g/mol. The molecule has 3 heteroatoms. The predicted octanol–water partition coefficient (Wildman–Crippen LogP) is 3.52. The molecule has 0 saturated carbocycles. The van der Waals surface area contributed by atoms with E-state index in [1.165, 1.54) is 6.42 Å². The fraction of sp³-hybridized carbons (Fsp3) is 0.562. The van der Waals surface area contributed by atoms with E-state index >= 15 is 0 Å². The first-order valence-electron chi connectivity index (χ1n) is 7.07. The smallest absolute Gasteiger partial charge is 0.251 e. The lowest BCUT2D eigenvalue weighted by molar-refractivity contribution is 0.0938. The Morgan fingerprint density at radius 3 is 2.53 bits per heavy atom. The van der Waals surface area contributed by atoms with Crippen molar-refractivity contribution < 1.29 is 4.79 Å². The van der Waals surface area contributed by atoms with Crippen molar-refractivity contribution in [2.45, 2.75) is 53.0 Å². The van der Waals surface area contributed by atoms with E-state index < -0.39 is 0 Å². The van der Waals surface area contributed by atoms with Gasteiger partial charge < -0.3 is 11.1 Å². The zero-order chi connectivity index (χ0) is 14.4. The number of amides is 1. The number of hydrogen-bond donors (Lipinski definition) is 2. The van der Waals surface area contributed by atoms with Gasteiger partial charge in [-0.3, -0.25) is 4.79 Å². The lowest BCUT2D eigenvalue weighted by Gasteiger charge is -2.15. The average Bonchev–Trinajstić information content (AvgIpc) is 2.32. The largest absolute Gasteiger partial charge is 0.398 e. The average molecular weight is 262 g/mol. The summed E-state index contributed by atoms with van der Waals surface area (Å²) < 4.78 is 0. The summed E-state index contributed by atoms with van der Waals surface area (Å²) in [6, 6.07) is 5.65. The van der Waals surface area contributed by atoms with Crippen LogP contribution in [-0.4, -0.2) is 11.9 Å². The van der Waals surface area contributed by atoms with Crippen LogP contribution in [0, 0.1) is 12.8 Å². The van der Waals surface area contributed by atoms with E-state index in [1.54, 1.807) is 6.07 Å². The minimum absolute atomic E-state index is 0.0382. The first kappa shape index (κ1) is 15.5. The van der Waals surface area contributed by atoms with Crippen molar-refractivity contribution in [3.8, 4) is 0 Å². The highest BCUT2D eigenvalue weighted by molar-refractivity contribution is 5.95. The number of benzene rings is 1. The van der Waals surface area contributed by atoms with Gasteiger partial charge in [-0.25, -0.2) is 0 Å². The number of nitrogens with two attached hydrogens (primary N) is 1. The van der Waals surface area contributed by atoms with Crippen molar-refractivity contribution in [1.29, 1.82) is 0 Å². The molecule has 1 rings (SSSR count). The van der Waals surface area contributed by atoms with Crippen LogP contribution < -0.4 is 11.1 Å². The van der Waals surface area contributed by atoms with Gasteiger partial charge in [0, 0.05) is 17.3 Å². The van der Waals surface area contributed by atoms with E-state index in [4.69, 9.17) is 5.73 Å². The van der Waals surface area contributed by atoms with E-state index in [-0.39, 0.29) is 11.9 Å². The van der Waals surface area contributed by atoms with Gasteiger partial charge in [-0.2, -0.15) is 0 Å². The molecule has 0 saturated heterocycles. The van der Waals surface area contributed by atoms with Crippen LogP contribution >= 0.6 is 0 Å². The van der Waals surface area contributed by atoms with Crippen LogP contribution in [0.5, 0.6) is 0 Å². The van der Waals surface area contributed by atoms with Crippen molar-refractivity contribution in [1.82, 2.24) is 5.32 Å². The summed E-state index contributed by atoms with van der Waals surface area (Å²) >= 11 is 0. The third-order valence-corrected chi connectivity index (χ3v) is 3.34. The number of carbonyl (C=O) groups excluding carboxylic acids is 1. The number of aryl methyl sites for hydroxylation is 1. The van der Waals surface area contributed by atoms with Crippen molar-refractivity contribution >= 4 is 11.6 Å². The first-order valence-corrected chi connectivity index (χ1v) is 7.07. The second-order valence-corrected chi connectivity index (χ2v) is 5.77. The number of anilines is 1. The van der Waals surface area contributed by atoms with Gasteiger partial charge in [0.25, 0.3) is 5.91 Å². The fourth-order valence-corrected chi connectivity index (χ4v) is 1.99. The minimum Gasteiger partial charge on any atom is -0.398 e. The van der Waals surface area contributed by atoms with Gasteiger partial charge in [0.2, 0.25) is 0 Å². The third-order valence-electron chi connectivity index (χ3n) is 3.34. The summed E-state index contributed by atoms with van der Waals surface area (Å²) in [5.41, 5.74) is 8.13. The van der Waals surface area contributed by atoms with Crippen molar-refractivity contribution in [2.75, 3.05) is 5.73 Å². The number of rotatable bonds is 6. The van der Waals surface area contributed by atoms with Gasteiger partial charge in [0.1, 0.15) is 0 Å². The predicted molar refractivity (Wildman–Crippen MR) is 81.2 cm³/mol. The molecule has 3 nitrogen and oxygen atoms in total. The molecule has 0 aromatic heterocycles. The standard InChI is InChI=1S/C16H26N2O/c1-11(2)6-5-7-13(4)18-16(19)14-9-8-12(3)15(17)10-14/h8-11,13H,5-7,17H2,1-4H3,(H,18,19). The van der Waals surface area contributed by atoms with Crippen molar-refractivity contribution in [3.05, 3.63) is 29.3 Å². The lowest BCUT2D eigenvalue weighted by atomic mass is 10.0. The molecule has 0 aliphatic carbocycles. The molecule has 0 aliphatic rings.